The molecule has 2 aromatic heterocycles. The van der Waals surface area contributed by atoms with Crippen LogP contribution in [0.25, 0.3) is 11.3 Å². The number of pyridine rings is 1. The Kier molecular flexibility index (Phi) is 7.79. The summed E-state index contributed by atoms with van der Waals surface area (Å²) in [7, 11) is 2.90. The Bertz CT molecular complexity index is 1550. The molecule has 1 saturated heterocycles. The number of methoxy groups -OCH3 is 2. The van der Waals surface area contributed by atoms with Crippen LogP contribution in [-0.2, 0) is 9.53 Å². The monoisotopic (exact) mass is 556 g/mol. The van der Waals surface area contributed by atoms with E-state index >= 15 is 0 Å². The zero-order valence-electron chi connectivity index (χ0n) is 22.2. The molecule has 1 fully saturated rings. The second-order valence-corrected chi connectivity index (χ2v) is 9.41. The second kappa shape index (κ2) is 11.6. The van der Waals surface area contributed by atoms with Crippen LogP contribution >= 0.6 is 12.2 Å². The van der Waals surface area contributed by atoms with Gasteiger partial charge in [0.1, 0.15) is 23.3 Å². The second-order valence-electron chi connectivity index (χ2n) is 9.02. The predicted molar refractivity (Wildman–Crippen MR) is 155 cm³/mol. The van der Waals surface area contributed by atoms with E-state index in [1.807, 2.05) is 59.5 Å². The number of amides is 1. The highest BCUT2D eigenvalue weighted by molar-refractivity contribution is 7.80. The van der Waals surface area contributed by atoms with E-state index in [9.17, 15) is 9.59 Å². The summed E-state index contributed by atoms with van der Waals surface area (Å²) < 4.78 is 17.0. The van der Waals surface area contributed by atoms with Gasteiger partial charge in [-0.05, 0) is 54.7 Å². The Morgan fingerprint density at radius 1 is 1.07 bits per heavy atom. The van der Waals surface area contributed by atoms with E-state index in [-0.39, 0.29) is 11.9 Å². The van der Waals surface area contributed by atoms with E-state index in [2.05, 4.69) is 15.6 Å². The first-order chi connectivity index (χ1) is 19.4. The largest absolute Gasteiger partial charge is 0.494 e. The topological polar surface area (TPSA) is 106 Å². The van der Waals surface area contributed by atoms with Crippen molar-refractivity contribution in [1.82, 2.24) is 10.3 Å². The summed E-state index contributed by atoms with van der Waals surface area (Å²) in [6, 6.07) is 21.2. The highest BCUT2D eigenvalue weighted by Crippen LogP contribution is 2.44. The molecule has 0 bridgehead atoms. The van der Waals surface area contributed by atoms with Gasteiger partial charge in [0.2, 0.25) is 5.91 Å². The van der Waals surface area contributed by atoms with Gasteiger partial charge < -0.3 is 29.4 Å². The van der Waals surface area contributed by atoms with Crippen LogP contribution in [0.15, 0.2) is 83.4 Å². The van der Waals surface area contributed by atoms with Crippen molar-refractivity contribution in [3.63, 3.8) is 0 Å². The predicted octanol–water partition coefficient (Wildman–Crippen LogP) is 5.66. The van der Waals surface area contributed by atoms with Crippen molar-refractivity contribution in [2.75, 3.05) is 24.4 Å². The van der Waals surface area contributed by atoms with Crippen molar-refractivity contribution in [2.45, 2.75) is 25.4 Å². The molecule has 3 heterocycles. The number of hydrogen-bond acceptors (Lipinski definition) is 7. The Morgan fingerprint density at radius 3 is 2.60 bits per heavy atom. The first kappa shape index (κ1) is 26.9. The number of thiocarbonyl (C=S) groups is 1. The molecule has 40 heavy (non-hydrogen) atoms. The molecular weight excluding hydrogens is 528 g/mol. The minimum Gasteiger partial charge on any atom is -0.494 e. The molecule has 10 heteroatoms. The van der Waals surface area contributed by atoms with Crippen molar-refractivity contribution in [3.8, 4) is 17.1 Å². The fraction of sp³-hybridized carbons (Fsp3) is 0.200. The van der Waals surface area contributed by atoms with Crippen molar-refractivity contribution in [1.29, 1.82) is 0 Å². The molecule has 2 N–H and O–H groups in total. The van der Waals surface area contributed by atoms with Gasteiger partial charge in [-0.3, -0.25) is 9.78 Å². The highest BCUT2D eigenvalue weighted by Gasteiger charge is 2.43. The van der Waals surface area contributed by atoms with Gasteiger partial charge in [0.05, 0.1) is 37.2 Å². The van der Waals surface area contributed by atoms with E-state index in [4.69, 9.17) is 26.1 Å². The zero-order valence-corrected chi connectivity index (χ0v) is 23.0. The number of benzene rings is 2. The average molecular weight is 557 g/mol. The minimum atomic E-state index is -0.451. The van der Waals surface area contributed by atoms with Crippen molar-refractivity contribution in [3.05, 3.63) is 96.0 Å². The molecule has 204 valence electrons. The number of carbonyl (C=O) groups is 2. The average Bonchev–Trinajstić information content (AvgIpc) is 3.62. The summed E-state index contributed by atoms with van der Waals surface area (Å²) in [5.74, 6) is 1.05. The number of rotatable bonds is 8. The van der Waals surface area contributed by atoms with Crippen LogP contribution in [-0.4, -0.2) is 36.2 Å². The van der Waals surface area contributed by atoms with Gasteiger partial charge in [-0.25, -0.2) is 4.79 Å². The van der Waals surface area contributed by atoms with E-state index in [1.54, 1.807) is 38.4 Å². The summed E-state index contributed by atoms with van der Waals surface area (Å²) in [6.45, 7) is 1.79. The number of ether oxygens (including phenoxy) is 2. The maximum absolute atomic E-state index is 12.4. The van der Waals surface area contributed by atoms with Gasteiger partial charge in [0, 0.05) is 29.9 Å². The van der Waals surface area contributed by atoms with Crippen LogP contribution in [0.2, 0.25) is 0 Å². The van der Waals surface area contributed by atoms with Crippen molar-refractivity contribution >= 4 is 40.6 Å². The number of esters is 1. The van der Waals surface area contributed by atoms with Gasteiger partial charge in [-0.2, -0.15) is 0 Å². The molecule has 0 radical (unpaired) electrons. The fourth-order valence-corrected chi connectivity index (χ4v) is 5.08. The lowest BCUT2D eigenvalue weighted by molar-refractivity contribution is -0.115. The highest BCUT2D eigenvalue weighted by atomic mass is 32.1. The van der Waals surface area contributed by atoms with Crippen LogP contribution in [0.3, 0.4) is 0 Å². The SMILES string of the molecule is CCC(=O)Nc1ccc(N2C(=S)NC(c3ccccn3)C2c2ccc(-c3ccccc3C(=O)OC)o2)cc1OC. The third-order valence-electron chi connectivity index (χ3n) is 6.67. The molecule has 2 unspecified atom stereocenters. The molecule has 0 aliphatic carbocycles. The molecule has 9 nitrogen and oxygen atoms in total. The Labute approximate surface area is 237 Å². The Morgan fingerprint density at radius 2 is 1.88 bits per heavy atom. The maximum Gasteiger partial charge on any atom is 0.338 e. The number of carbonyl (C=O) groups excluding carboxylic acids is 2. The molecule has 4 aromatic rings. The normalized spacial score (nSPS) is 16.4. The summed E-state index contributed by atoms with van der Waals surface area (Å²) in [5.41, 5.74) is 3.10. The molecule has 0 spiro atoms. The molecule has 2 aromatic carbocycles. The molecule has 1 amide bonds. The quantitative estimate of drug-likeness (QED) is 0.210. The van der Waals surface area contributed by atoms with Gasteiger partial charge in [-0.1, -0.05) is 31.2 Å². The third-order valence-corrected chi connectivity index (χ3v) is 6.99. The Balaban J connectivity index is 1.59. The fourth-order valence-electron chi connectivity index (χ4n) is 4.74. The van der Waals surface area contributed by atoms with Crippen LogP contribution in [0.5, 0.6) is 5.75 Å². The van der Waals surface area contributed by atoms with Gasteiger partial charge >= 0.3 is 5.97 Å². The van der Waals surface area contributed by atoms with Gasteiger partial charge in [-0.15, -0.1) is 0 Å². The molecule has 0 saturated carbocycles. The summed E-state index contributed by atoms with van der Waals surface area (Å²) in [5, 5.41) is 6.73. The lowest BCUT2D eigenvalue weighted by atomic mass is 10.0. The van der Waals surface area contributed by atoms with E-state index in [0.717, 1.165) is 11.4 Å². The van der Waals surface area contributed by atoms with Crippen molar-refractivity contribution in [2.24, 2.45) is 0 Å². The Hall–Kier alpha value is -4.70. The zero-order chi connectivity index (χ0) is 28.2. The standard InChI is InChI=1S/C30H28N4O5S/c1-4-26(35)32-21-13-12-18(17-25(21)37-2)34-28(27(33-30(34)40)22-11-7-8-16-31-22)24-15-14-23(39-24)19-9-5-6-10-20(19)29(36)38-3/h5-17,27-28H,4H2,1-3H3,(H,32,35)(H,33,40). The van der Waals surface area contributed by atoms with E-state index < -0.39 is 12.0 Å². The first-order valence-electron chi connectivity index (χ1n) is 12.7. The lowest BCUT2D eigenvalue weighted by Crippen LogP contribution is -2.29. The summed E-state index contributed by atoms with van der Waals surface area (Å²) in [4.78, 5) is 31.0. The van der Waals surface area contributed by atoms with E-state index in [0.29, 0.717) is 45.6 Å². The molecule has 2 atom stereocenters. The number of aromatic nitrogens is 1. The van der Waals surface area contributed by atoms with Crippen LogP contribution < -0.4 is 20.3 Å². The minimum absolute atomic E-state index is 0.118. The first-order valence-corrected chi connectivity index (χ1v) is 13.1. The van der Waals surface area contributed by atoms with Gasteiger partial charge in [0.15, 0.2) is 5.11 Å². The number of anilines is 2. The van der Waals surface area contributed by atoms with Crippen molar-refractivity contribution < 1.29 is 23.5 Å². The molecule has 5 rings (SSSR count). The molecule has 1 aliphatic rings. The number of hydrogen-bond donors (Lipinski definition) is 2. The van der Waals surface area contributed by atoms with E-state index in [1.165, 1.54) is 7.11 Å². The summed E-state index contributed by atoms with van der Waals surface area (Å²) in [6.07, 6.45) is 2.08. The molecular formula is C30H28N4O5S. The number of furan rings is 1. The van der Waals surface area contributed by atoms with Crippen LogP contribution in [0.4, 0.5) is 11.4 Å². The number of nitrogens with zero attached hydrogens (tertiary/aromatic N) is 2. The maximum atomic E-state index is 12.4. The van der Waals surface area contributed by atoms with Crippen LogP contribution in [0.1, 0.15) is 47.2 Å². The smallest absolute Gasteiger partial charge is 0.338 e. The molecule has 1 aliphatic heterocycles. The van der Waals surface area contributed by atoms with Gasteiger partial charge in [0.25, 0.3) is 0 Å². The van der Waals surface area contributed by atoms with Crippen LogP contribution in [0, 0.1) is 0 Å². The number of nitrogens with one attached hydrogen (secondary N) is 2. The lowest BCUT2D eigenvalue weighted by Gasteiger charge is -2.27. The summed E-state index contributed by atoms with van der Waals surface area (Å²) >= 11 is 5.82. The third kappa shape index (κ3) is 5.13.